The Balaban J connectivity index is 1.93. The minimum Gasteiger partial charge on any atom is -0.378 e. The van der Waals surface area contributed by atoms with Crippen molar-refractivity contribution in [3.05, 3.63) is 29.8 Å². The van der Waals surface area contributed by atoms with Crippen LogP contribution >= 0.6 is 0 Å². The largest absolute Gasteiger partial charge is 0.416 e. The SMILES string of the molecule is O=C(CC1CCCCO1)Nc1cccc(C(F)(F)F)c1. The lowest BCUT2D eigenvalue weighted by atomic mass is 10.1. The molecule has 0 aliphatic carbocycles. The molecule has 1 heterocycles. The fourth-order valence-electron chi connectivity index (χ4n) is 2.16. The summed E-state index contributed by atoms with van der Waals surface area (Å²) in [6.07, 6.45) is -1.54. The minimum atomic E-state index is -4.41. The van der Waals surface area contributed by atoms with Crippen LogP contribution in [0.3, 0.4) is 0 Å². The number of halogens is 3. The molecule has 0 aromatic heterocycles. The van der Waals surface area contributed by atoms with Crippen LogP contribution in [0.25, 0.3) is 0 Å². The summed E-state index contributed by atoms with van der Waals surface area (Å²) in [6, 6.07) is 4.62. The van der Waals surface area contributed by atoms with E-state index in [0.717, 1.165) is 31.4 Å². The Kier molecular flexibility index (Phi) is 4.65. The first-order valence-electron chi connectivity index (χ1n) is 6.54. The second-order valence-corrected chi connectivity index (χ2v) is 4.82. The molecule has 1 aromatic carbocycles. The number of rotatable bonds is 3. The predicted octanol–water partition coefficient (Wildman–Crippen LogP) is 3.60. The van der Waals surface area contributed by atoms with E-state index >= 15 is 0 Å². The number of amides is 1. The van der Waals surface area contributed by atoms with Gasteiger partial charge in [0.1, 0.15) is 0 Å². The molecule has 0 spiro atoms. The van der Waals surface area contributed by atoms with E-state index in [1.165, 1.54) is 12.1 Å². The standard InChI is InChI=1S/C14H16F3NO2/c15-14(16,17)10-4-3-5-11(8-10)18-13(19)9-12-6-1-2-7-20-12/h3-5,8,12H,1-2,6-7,9H2,(H,18,19). The molecule has 1 atom stereocenters. The number of carbonyl (C=O) groups is 1. The Morgan fingerprint density at radius 2 is 2.15 bits per heavy atom. The molecule has 6 heteroatoms. The van der Waals surface area contributed by atoms with Crippen LogP contribution in [0.5, 0.6) is 0 Å². The van der Waals surface area contributed by atoms with E-state index in [2.05, 4.69) is 5.32 Å². The fraction of sp³-hybridized carbons (Fsp3) is 0.500. The summed E-state index contributed by atoms with van der Waals surface area (Å²) in [5.74, 6) is -0.323. The van der Waals surface area contributed by atoms with Crippen LogP contribution < -0.4 is 5.32 Å². The van der Waals surface area contributed by atoms with Crippen molar-refractivity contribution in [3.63, 3.8) is 0 Å². The zero-order valence-electron chi connectivity index (χ0n) is 10.9. The number of benzene rings is 1. The minimum absolute atomic E-state index is 0.130. The fourth-order valence-corrected chi connectivity index (χ4v) is 2.16. The van der Waals surface area contributed by atoms with Gasteiger partial charge in [-0.05, 0) is 37.5 Å². The van der Waals surface area contributed by atoms with E-state index in [1.54, 1.807) is 0 Å². The summed E-state index contributed by atoms with van der Waals surface area (Å²) in [5, 5.41) is 2.48. The third-order valence-corrected chi connectivity index (χ3v) is 3.16. The Bertz CT molecular complexity index is 468. The van der Waals surface area contributed by atoms with Gasteiger partial charge in [0, 0.05) is 12.3 Å². The van der Waals surface area contributed by atoms with E-state index in [1.807, 2.05) is 0 Å². The van der Waals surface area contributed by atoms with Gasteiger partial charge in [0.15, 0.2) is 0 Å². The van der Waals surface area contributed by atoms with Crippen molar-refractivity contribution in [3.8, 4) is 0 Å². The van der Waals surface area contributed by atoms with Crippen molar-refractivity contribution < 1.29 is 22.7 Å². The van der Waals surface area contributed by atoms with Gasteiger partial charge < -0.3 is 10.1 Å². The Morgan fingerprint density at radius 1 is 1.35 bits per heavy atom. The van der Waals surface area contributed by atoms with Gasteiger partial charge in [0.05, 0.1) is 18.1 Å². The quantitative estimate of drug-likeness (QED) is 0.922. The summed E-state index contributed by atoms with van der Waals surface area (Å²) in [7, 11) is 0. The van der Waals surface area contributed by atoms with Gasteiger partial charge in [-0.1, -0.05) is 6.07 Å². The molecule has 0 saturated carbocycles. The normalized spacial score (nSPS) is 19.6. The second kappa shape index (κ2) is 6.26. The van der Waals surface area contributed by atoms with Gasteiger partial charge in [-0.3, -0.25) is 4.79 Å². The number of hydrogen-bond donors (Lipinski definition) is 1. The maximum Gasteiger partial charge on any atom is 0.416 e. The second-order valence-electron chi connectivity index (χ2n) is 4.82. The van der Waals surface area contributed by atoms with Crippen molar-refractivity contribution in [2.24, 2.45) is 0 Å². The molecule has 1 aliphatic heterocycles. The number of hydrogen-bond acceptors (Lipinski definition) is 2. The first kappa shape index (κ1) is 14.8. The topological polar surface area (TPSA) is 38.3 Å². The molecule has 1 amide bonds. The summed E-state index contributed by atoms with van der Waals surface area (Å²) < 4.78 is 43.1. The molecule has 1 fully saturated rings. The highest BCUT2D eigenvalue weighted by atomic mass is 19.4. The van der Waals surface area contributed by atoms with Crippen LogP contribution in [0.2, 0.25) is 0 Å². The maximum atomic E-state index is 12.5. The monoisotopic (exact) mass is 287 g/mol. The molecular formula is C14H16F3NO2. The average Bonchev–Trinajstić information content (AvgIpc) is 2.39. The van der Waals surface area contributed by atoms with Crippen LogP contribution in [0.4, 0.5) is 18.9 Å². The Morgan fingerprint density at radius 3 is 2.80 bits per heavy atom. The van der Waals surface area contributed by atoms with Gasteiger partial charge >= 0.3 is 6.18 Å². The summed E-state index contributed by atoms with van der Waals surface area (Å²) >= 11 is 0. The first-order chi connectivity index (χ1) is 9.45. The molecule has 110 valence electrons. The molecule has 1 N–H and O–H groups in total. The molecule has 2 rings (SSSR count). The maximum absolute atomic E-state index is 12.5. The Labute approximate surface area is 115 Å². The van der Waals surface area contributed by atoms with Gasteiger partial charge in [-0.25, -0.2) is 0 Å². The lowest BCUT2D eigenvalue weighted by molar-refractivity contribution is -0.137. The molecule has 3 nitrogen and oxygen atoms in total. The van der Waals surface area contributed by atoms with E-state index in [4.69, 9.17) is 4.74 Å². The summed E-state index contributed by atoms with van der Waals surface area (Å²) in [6.45, 7) is 0.640. The number of ether oxygens (including phenoxy) is 1. The first-order valence-corrected chi connectivity index (χ1v) is 6.54. The lowest BCUT2D eigenvalue weighted by Crippen LogP contribution is -2.25. The molecule has 1 aromatic rings. The van der Waals surface area contributed by atoms with Crippen LogP contribution in [0.15, 0.2) is 24.3 Å². The molecule has 0 radical (unpaired) electrons. The lowest BCUT2D eigenvalue weighted by Gasteiger charge is -2.22. The van der Waals surface area contributed by atoms with Crippen molar-refractivity contribution in [1.29, 1.82) is 0 Å². The smallest absolute Gasteiger partial charge is 0.378 e. The van der Waals surface area contributed by atoms with Crippen molar-refractivity contribution in [2.75, 3.05) is 11.9 Å². The van der Waals surface area contributed by atoms with Crippen LogP contribution in [0, 0.1) is 0 Å². The van der Waals surface area contributed by atoms with Gasteiger partial charge in [0.2, 0.25) is 5.91 Å². The third-order valence-electron chi connectivity index (χ3n) is 3.16. The van der Waals surface area contributed by atoms with Crippen molar-refractivity contribution in [1.82, 2.24) is 0 Å². The highest BCUT2D eigenvalue weighted by Gasteiger charge is 2.30. The van der Waals surface area contributed by atoms with Gasteiger partial charge in [-0.2, -0.15) is 13.2 Å². The number of carbonyl (C=O) groups excluding carboxylic acids is 1. The van der Waals surface area contributed by atoms with Crippen LogP contribution in [-0.2, 0) is 15.7 Å². The molecule has 0 bridgehead atoms. The molecule has 20 heavy (non-hydrogen) atoms. The molecule has 1 unspecified atom stereocenters. The summed E-state index contributed by atoms with van der Waals surface area (Å²) in [4.78, 5) is 11.8. The zero-order chi connectivity index (χ0) is 14.6. The number of nitrogens with one attached hydrogen (secondary N) is 1. The highest BCUT2D eigenvalue weighted by Crippen LogP contribution is 2.30. The van der Waals surface area contributed by atoms with Gasteiger partial charge in [0.25, 0.3) is 0 Å². The van der Waals surface area contributed by atoms with Crippen molar-refractivity contribution in [2.45, 2.75) is 38.0 Å². The Hall–Kier alpha value is -1.56. The zero-order valence-corrected chi connectivity index (χ0v) is 10.9. The molecule has 1 aliphatic rings. The summed E-state index contributed by atoms with van der Waals surface area (Å²) in [5.41, 5.74) is -0.621. The molecule has 1 saturated heterocycles. The van der Waals surface area contributed by atoms with E-state index in [-0.39, 0.29) is 24.1 Å². The van der Waals surface area contributed by atoms with Crippen LogP contribution in [-0.4, -0.2) is 18.6 Å². The number of anilines is 1. The average molecular weight is 287 g/mol. The molecular weight excluding hydrogens is 271 g/mol. The third kappa shape index (κ3) is 4.23. The van der Waals surface area contributed by atoms with Gasteiger partial charge in [-0.15, -0.1) is 0 Å². The van der Waals surface area contributed by atoms with E-state index in [9.17, 15) is 18.0 Å². The van der Waals surface area contributed by atoms with E-state index < -0.39 is 11.7 Å². The number of alkyl halides is 3. The van der Waals surface area contributed by atoms with Crippen molar-refractivity contribution >= 4 is 11.6 Å². The van der Waals surface area contributed by atoms with Crippen LogP contribution in [0.1, 0.15) is 31.2 Å². The highest BCUT2D eigenvalue weighted by molar-refractivity contribution is 5.91. The predicted molar refractivity (Wildman–Crippen MR) is 68.3 cm³/mol. The van der Waals surface area contributed by atoms with E-state index in [0.29, 0.717) is 6.61 Å².